The molecule has 9 atom stereocenters. The highest BCUT2D eigenvalue weighted by Gasteiger charge is 2.70. The number of Topliss-reactive ketones (excluding diaryl/α,β-unsaturated/α-hetero) is 1. The quantitative estimate of drug-likeness (QED) is 0.296. The number of carboxylic acids is 2. The first-order chi connectivity index (χ1) is 17.2. The van der Waals surface area contributed by atoms with Gasteiger partial charge in [0, 0.05) is 23.1 Å². The van der Waals surface area contributed by atoms with Crippen molar-refractivity contribution < 1.29 is 34.8 Å². The number of aliphatic carboxylic acids is 2. The van der Waals surface area contributed by atoms with E-state index in [1.807, 2.05) is 0 Å². The number of hydrogen-bond acceptors (Lipinski definition) is 5. The maximum Gasteiger partial charge on any atom is 0.331 e. The Morgan fingerprint density at radius 2 is 1.68 bits per heavy atom. The summed E-state index contributed by atoms with van der Waals surface area (Å²) in [6.45, 7) is 10.3. The van der Waals surface area contributed by atoms with Crippen molar-refractivity contribution in [3.05, 3.63) is 22.8 Å². The van der Waals surface area contributed by atoms with Crippen molar-refractivity contribution in [1.82, 2.24) is 0 Å². The minimum absolute atomic E-state index is 0.0143. The zero-order valence-electron chi connectivity index (χ0n) is 22.9. The van der Waals surface area contributed by atoms with Crippen LogP contribution in [0.1, 0.15) is 92.4 Å². The zero-order valence-corrected chi connectivity index (χ0v) is 22.9. The molecule has 37 heavy (non-hydrogen) atoms. The lowest BCUT2D eigenvalue weighted by Gasteiger charge is -2.68. The third-order valence-electron chi connectivity index (χ3n) is 11.6. The van der Waals surface area contributed by atoms with E-state index in [-0.39, 0.29) is 58.0 Å². The molecule has 7 heteroatoms. The molecule has 206 valence electrons. The summed E-state index contributed by atoms with van der Waals surface area (Å²) in [4.78, 5) is 37.0. The van der Waals surface area contributed by atoms with Gasteiger partial charge >= 0.3 is 11.9 Å². The molecule has 0 heterocycles. The molecule has 0 bridgehead atoms. The van der Waals surface area contributed by atoms with Gasteiger partial charge in [0.05, 0.1) is 12.2 Å². The van der Waals surface area contributed by atoms with Crippen molar-refractivity contribution in [3.63, 3.8) is 0 Å². The third kappa shape index (κ3) is 4.21. The molecule has 4 saturated carbocycles. The van der Waals surface area contributed by atoms with Crippen LogP contribution in [0.2, 0.25) is 0 Å². The molecule has 0 spiro atoms. The molecule has 0 unspecified atom stereocenters. The molecule has 0 amide bonds. The van der Waals surface area contributed by atoms with E-state index >= 15 is 0 Å². The Balaban J connectivity index is 1.69. The second-order valence-electron chi connectivity index (χ2n) is 13.2. The predicted octanol–water partition coefficient (Wildman–Crippen LogP) is 4.76. The number of unbranched alkanes of at least 4 members (excludes halogenated alkanes) is 1. The van der Waals surface area contributed by atoms with Gasteiger partial charge in [-0.1, -0.05) is 33.8 Å². The minimum Gasteiger partial charge on any atom is -0.478 e. The van der Waals surface area contributed by atoms with Crippen molar-refractivity contribution in [2.75, 3.05) is 0 Å². The van der Waals surface area contributed by atoms with Crippen LogP contribution in [0, 0.1) is 39.9 Å². The Hall–Kier alpha value is -1.99. The van der Waals surface area contributed by atoms with E-state index in [4.69, 9.17) is 5.11 Å². The maximum atomic E-state index is 13.6. The molecule has 0 saturated heterocycles. The number of ketones is 1. The lowest BCUT2D eigenvalue weighted by Crippen LogP contribution is -2.65. The number of rotatable bonds is 6. The Labute approximate surface area is 220 Å². The van der Waals surface area contributed by atoms with Crippen molar-refractivity contribution in [3.8, 4) is 0 Å². The standard InChI is InChI=1S/C30H44O7/c1-16(26(34)35)8-6-7-9-18(27(36)37)24-20-14-22(32)25-28(3)12-11-21(31)17(2)19(28)10-13-29(25,4)30(20,5)15-23(24)33/h8,17,19-22,25,31-32H,6-7,9-15H2,1-5H3,(H,34,35)(H,36,37)/b16-8-,24-18-/t17-,19-,20-,21+,22+,25-,28-,29-,30-/m0/s1. The van der Waals surface area contributed by atoms with Crippen molar-refractivity contribution in [2.45, 2.75) is 105 Å². The second kappa shape index (κ2) is 9.64. The average molecular weight is 517 g/mol. The van der Waals surface area contributed by atoms with E-state index in [1.54, 1.807) is 6.08 Å². The van der Waals surface area contributed by atoms with Gasteiger partial charge in [-0.05, 0) is 98.2 Å². The number of carbonyl (C=O) groups excluding carboxylic acids is 1. The Morgan fingerprint density at radius 1 is 1.00 bits per heavy atom. The van der Waals surface area contributed by atoms with E-state index in [0.717, 1.165) is 25.7 Å². The number of aliphatic hydroxyl groups excluding tert-OH is 2. The predicted molar refractivity (Wildman–Crippen MR) is 139 cm³/mol. The number of aliphatic hydroxyl groups is 2. The van der Waals surface area contributed by atoms with E-state index in [9.17, 15) is 29.7 Å². The van der Waals surface area contributed by atoms with Crippen molar-refractivity contribution in [2.24, 2.45) is 39.9 Å². The normalized spacial score (nSPS) is 45.1. The van der Waals surface area contributed by atoms with Crippen LogP contribution in [-0.2, 0) is 14.4 Å². The number of allylic oxidation sites excluding steroid dienone is 2. The fourth-order valence-electron chi connectivity index (χ4n) is 9.44. The van der Waals surface area contributed by atoms with Gasteiger partial charge in [0.15, 0.2) is 5.78 Å². The van der Waals surface area contributed by atoms with Gasteiger partial charge < -0.3 is 20.4 Å². The molecule has 4 N–H and O–H groups in total. The van der Waals surface area contributed by atoms with Crippen LogP contribution >= 0.6 is 0 Å². The first-order valence-corrected chi connectivity index (χ1v) is 13.9. The van der Waals surface area contributed by atoms with Crippen LogP contribution in [0.3, 0.4) is 0 Å². The summed E-state index contributed by atoms with van der Waals surface area (Å²) in [5.41, 5.74) is -0.186. The summed E-state index contributed by atoms with van der Waals surface area (Å²) in [5.74, 6) is -2.06. The van der Waals surface area contributed by atoms with Gasteiger partial charge in [0.2, 0.25) is 0 Å². The summed E-state index contributed by atoms with van der Waals surface area (Å²) in [7, 11) is 0. The van der Waals surface area contributed by atoms with Gasteiger partial charge in [-0.25, -0.2) is 9.59 Å². The molecule has 0 radical (unpaired) electrons. The molecular weight excluding hydrogens is 472 g/mol. The largest absolute Gasteiger partial charge is 0.478 e. The smallest absolute Gasteiger partial charge is 0.331 e. The number of fused-ring (bicyclic) bond motifs is 5. The van der Waals surface area contributed by atoms with Crippen molar-refractivity contribution in [1.29, 1.82) is 0 Å². The monoisotopic (exact) mass is 516 g/mol. The van der Waals surface area contributed by atoms with Gasteiger partial charge in [0.1, 0.15) is 0 Å². The van der Waals surface area contributed by atoms with E-state index in [2.05, 4.69) is 27.7 Å². The Morgan fingerprint density at radius 3 is 2.30 bits per heavy atom. The summed E-state index contributed by atoms with van der Waals surface area (Å²) in [6, 6.07) is 0. The summed E-state index contributed by atoms with van der Waals surface area (Å²) < 4.78 is 0. The first kappa shape index (κ1) is 28.0. The highest BCUT2D eigenvalue weighted by molar-refractivity contribution is 6.06. The molecule has 4 rings (SSSR count). The van der Waals surface area contributed by atoms with Gasteiger partial charge in [-0.3, -0.25) is 4.79 Å². The first-order valence-electron chi connectivity index (χ1n) is 13.9. The Kier molecular flexibility index (Phi) is 7.30. The van der Waals surface area contributed by atoms with Crippen LogP contribution in [-0.4, -0.2) is 50.4 Å². The molecule has 4 aliphatic carbocycles. The van der Waals surface area contributed by atoms with E-state index < -0.39 is 23.5 Å². The molecule has 4 aliphatic rings. The molecule has 4 fully saturated rings. The Bertz CT molecular complexity index is 1040. The molecule has 0 aromatic rings. The highest BCUT2D eigenvalue weighted by atomic mass is 16.4. The summed E-state index contributed by atoms with van der Waals surface area (Å²) in [6.07, 6.45) is 5.70. The van der Waals surface area contributed by atoms with Crippen LogP contribution in [0.25, 0.3) is 0 Å². The second-order valence-corrected chi connectivity index (χ2v) is 13.2. The summed E-state index contributed by atoms with van der Waals surface area (Å²) in [5, 5.41) is 41.5. The minimum atomic E-state index is -1.10. The number of carboxylic acid groups (broad SMARTS) is 2. The molecule has 0 aromatic carbocycles. The van der Waals surface area contributed by atoms with Crippen LogP contribution in [0.4, 0.5) is 0 Å². The summed E-state index contributed by atoms with van der Waals surface area (Å²) >= 11 is 0. The van der Waals surface area contributed by atoms with Crippen LogP contribution < -0.4 is 0 Å². The van der Waals surface area contributed by atoms with Gasteiger partial charge in [-0.2, -0.15) is 0 Å². The third-order valence-corrected chi connectivity index (χ3v) is 11.6. The lowest BCUT2D eigenvalue weighted by molar-refractivity contribution is -0.233. The number of carbonyl (C=O) groups is 3. The highest BCUT2D eigenvalue weighted by Crippen LogP contribution is 2.73. The SMILES string of the molecule is C/C(=C/CCC/C(C(=O)O)=C1/C(=O)C[C@@]2(C)[C@H]1C[C@@H](O)[C@H]1[C@@]3(C)CC[C@@H](O)[C@@H](C)[C@@H]3CC[C@@]12C)C(=O)O. The van der Waals surface area contributed by atoms with Crippen LogP contribution in [0.5, 0.6) is 0 Å². The topological polar surface area (TPSA) is 132 Å². The van der Waals surface area contributed by atoms with E-state index in [0.29, 0.717) is 37.2 Å². The van der Waals surface area contributed by atoms with Gasteiger partial charge in [-0.15, -0.1) is 0 Å². The molecular formula is C30H44O7. The zero-order chi connectivity index (χ0) is 27.5. The molecule has 0 aliphatic heterocycles. The fraction of sp³-hybridized carbons (Fsp3) is 0.767. The lowest BCUT2D eigenvalue weighted by atomic mass is 9.36. The molecule has 0 aromatic heterocycles. The number of hydrogen-bond donors (Lipinski definition) is 4. The average Bonchev–Trinajstić information content (AvgIpc) is 3.06. The molecule has 7 nitrogen and oxygen atoms in total. The maximum absolute atomic E-state index is 13.6. The van der Waals surface area contributed by atoms with E-state index in [1.165, 1.54) is 6.92 Å². The van der Waals surface area contributed by atoms with Gasteiger partial charge in [0.25, 0.3) is 0 Å². The van der Waals surface area contributed by atoms with Crippen LogP contribution in [0.15, 0.2) is 22.8 Å². The van der Waals surface area contributed by atoms with Crippen molar-refractivity contribution >= 4 is 17.7 Å². The fourth-order valence-corrected chi connectivity index (χ4v) is 9.44.